The molecule has 7 nitrogen and oxygen atoms in total. The zero-order valence-corrected chi connectivity index (χ0v) is 14.8. The number of amides is 2. The Morgan fingerprint density at radius 2 is 2.16 bits per heavy atom. The van der Waals surface area contributed by atoms with Crippen LogP contribution < -0.4 is 16.4 Å². The van der Waals surface area contributed by atoms with Gasteiger partial charge in [-0.3, -0.25) is 14.3 Å². The molecule has 134 valence electrons. The van der Waals surface area contributed by atoms with Crippen molar-refractivity contribution in [2.75, 3.05) is 18.4 Å². The zero-order valence-electron chi connectivity index (χ0n) is 14.0. The molecule has 1 atom stereocenters. The van der Waals surface area contributed by atoms with E-state index in [9.17, 15) is 9.59 Å². The topological polar surface area (TPSA) is 102 Å². The van der Waals surface area contributed by atoms with Gasteiger partial charge in [-0.25, -0.2) is 0 Å². The fourth-order valence-corrected chi connectivity index (χ4v) is 2.88. The molecule has 8 heteroatoms. The Morgan fingerprint density at radius 1 is 1.36 bits per heavy atom. The van der Waals surface area contributed by atoms with E-state index in [1.54, 1.807) is 31.2 Å². The number of halogens is 1. The number of piperidine rings is 1. The van der Waals surface area contributed by atoms with E-state index in [2.05, 4.69) is 15.7 Å². The number of aromatic nitrogens is 2. The number of hydrogen-bond acceptors (Lipinski definition) is 4. The van der Waals surface area contributed by atoms with Crippen LogP contribution in [0.25, 0.3) is 0 Å². The minimum atomic E-state index is -0.516. The van der Waals surface area contributed by atoms with Crippen molar-refractivity contribution in [2.24, 2.45) is 5.73 Å². The number of carbonyl (C=O) groups excluding carboxylic acids is 2. The maximum atomic E-state index is 12.4. The molecule has 0 spiro atoms. The molecular weight excluding hydrogens is 342 g/mol. The maximum Gasteiger partial charge on any atom is 0.276 e. The summed E-state index contributed by atoms with van der Waals surface area (Å²) in [7, 11) is 0. The van der Waals surface area contributed by atoms with Gasteiger partial charge in [-0.1, -0.05) is 6.07 Å². The van der Waals surface area contributed by atoms with Crippen molar-refractivity contribution >= 4 is 29.9 Å². The molecule has 1 aromatic heterocycles. The van der Waals surface area contributed by atoms with Crippen molar-refractivity contribution in [1.29, 1.82) is 0 Å². The average molecular weight is 364 g/mol. The summed E-state index contributed by atoms with van der Waals surface area (Å²) >= 11 is 0. The van der Waals surface area contributed by atoms with Crippen LogP contribution in [0.2, 0.25) is 0 Å². The maximum absolute atomic E-state index is 12.4. The highest BCUT2D eigenvalue weighted by Gasteiger charge is 2.18. The van der Waals surface area contributed by atoms with Gasteiger partial charge in [0.2, 0.25) is 5.91 Å². The smallest absolute Gasteiger partial charge is 0.276 e. The molecule has 1 saturated heterocycles. The minimum Gasteiger partial charge on any atom is -0.366 e. The number of rotatable bonds is 4. The van der Waals surface area contributed by atoms with Crippen molar-refractivity contribution in [3.8, 4) is 0 Å². The van der Waals surface area contributed by atoms with Gasteiger partial charge in [-0.2, -0.15) is 5.10 Å². The number of nitrogens with one attached hydrogen (secondary N) is 2. The fourth-order valence-electron chi connectivity index (χ4n) is 2.88. The van der Waals surface area contributed by atoms with Gasteiger partial charge in [0.25, 0.3) is 5.91 Å². The molecule has 0 radical (unpaired) electrons. The number of primary amides is 1. The van der Waals surface area contributed by atoms with E-state index in [-0.39, 0.29) is 24.4 Å². The van der Waals surface area contributed by atoms with Crippen LogP contribution in [0.3, 0.4) is 0 Å². The van der Waals surface area contributed by atoms with Crippen LogP contribution in [0.1, 0.15) is 45.3 Å². The predicted octanol–water partition coefficient (Wildman–Crippen LogP) is 1.89. The van der Waals surface area contributed by atoms with Crippen molar-refractivity contribution in [3.63, 3.8) is 0 Å². The monoisotopic (exact) mass is 363 g/mol. The molecular formula is C17H22ClN5O2. The third-order valence-corrected chi connectivity index (χ3v) is 4.25. The Kier molecular flexibility index (Phi) is 6.17. The quantitative estimate of drug-likeness (QED) is 0.771. The van der Waals surface area contributed by atoms with Gasteiger partial charge in [0.05, 0.1) is 6.04 Å². The van der Waals surface area contributed by atoms with E-state index in [1.807, 2.05) is 10.9 Å². The van der Waals surface area contributed by atoms with E-state index in [1.165, 1.54) is 0 Å². The number of anilines is 1. The van der Waals surface area contributed by atoms with E-state index in [4.69, 9.17) is 5.73 Å². The van der Waals surface area contributed by atoms with Crippen LogP contribution in [0.15, 0.2) is 30.5 Å². The molecule has 2 amide bonds. The Bertz CT molecular complexity index is 768. The molecule has 2 aromatic rings. The summed E-state index contributed by atoms with van der Waals surface area (Å²) in [5.74, 6) is -0.825. The molecule has 0 aliphatic carbocycles. The summed E-state index contributed by atoms with van der Waals surface area (Å²) in [6, 6.07) is 7.05. The van der Waals surface area contributed by atoms with E-state index >= 15 is 0 Å². The number of nitrogens with zero attached hydrogens (tertiary/aromatic N) is 2. The van der Waals surface area contributed by atoms with Gasteiger partial charge in [0.15, 0.2) is 5.69 Å². The average Bonchev–Trinajstić information content (AvgIpc) is 3.07. The van der Waals surface area contributed by atoms with Gasteiger partial charge in [0, 0.05) is 24.0 Å². The molecule has 1 aliphatic heterocycles. The summed E-state index contributed by atoms with van der Waals surface area (Å²) < 4.78 is 1.84. The first-order valence-electron chi connectivity index (χ1n) is 8.02. The molecule has 2 heterocycles. The van der Waals surface area contributed by atoms with Crippen LogP contribution in [-0.2, 0) is 0 Å². The Balaban J connectivity index is 0.00000225. The lowest BCUT2D eigenvalue weighted by Gasteiger charge is -2.22. The van der Waals surface area contributed by atoms with E-state index in [0.717, 1.165) is 31.5 Å². The molecule has 4 N–H and O–H groups in total. The molecule has 1 unspecified atom stereocenters. The Morgan fingerprint density at radius 3 is 2.84 bits per heavy atom. The van der Waals surface area contributed by atoms with Crippen molar-refractivity contribution in [1.82, 2.24) is 15.1 Å². The zero-order chi connectivity index (χ0) is 17.1. The SMILES string of the molecule is Cc1ccc(NC(=O)c2ccn(C3CCCNC3)n2)cc1C(N)=O.Cl. The fraction of sp³-hybridized carbons (Fsp3) is 0.353. The van der Waals surface area contributed by atoms with Crippen LogP contribution in [0, 0.1) is 6.92 Å². The normalized spacial score (nSPS) is 16.8. The molecule has 3 rings (SSSR count). The lowest BCUT2D eigenvalue weighted by molar-refractivity contribution is 0.0994. The number of carbonyl (C=O) groups is 2. The first-order valence-corrected chi connectivity index (χ1v) is 8.02. The summed E-state index contributed by atoms with van der Waals surface area (Å²) in [6.07, 6.45) is 3.98. The Hall–Kier alpha value is -2.38. The largest absolute Gasteiger partial charge is 0.366 e. The third-order valence-electron chi connectivity index (χ3n) is 4.25. The second-order valence-electron chi connectivity index (χ2n) is 6.03. The highest BCUT2D eigenvalue weighted by atomic mass is 35.5. The highest BCUT2D eigenvalue weighted by molar-refractivity contribution is 6.04. The van der Waals surface area contributed by atoms with Crippen molar-refractivity contribution in [2.45, 2.75) is 25.8 Å². The van der Waals surface area contributed by atoms with Crippen LogP contribution in [-0.4, -0.2) is 34.7 Å². The van der Waals surface area contributed by atoms with Gasteiger partial charge in [-0.05, 0) is 50.1 Å². The molecule has 1 fully saturated rings. The number of aryl methyl sites for hydroxylation is 1. The van der Waals surface area contributed by atoms with Gasteiger partial charge < -0.3 is 16.4 Å². The van der Waals surface area contributed by atoms with Crippen LogP contribution >= 0.6 is 12.4 Å². The molecule has 25 heavy (non-hydrogen) atoms. The summed E-state index contributed by atoms with van der Waals surface area (Å²) in [4.78, 5) is 23.8. The molecule has 0 saturated carbocycles. The lowest BCUT2D eigenvalue weighted by atomic mass is 10.1. The lowest BCUT2D eigenvalue weighted by Crippen LogP contribution is -2.32. The van der Waals surface area contributed by atoms with Gasteiger partial charge >= 0.3 is 0 Å². The first-order chi connectivity index (χ1) is 11.5. The summed E-state index contributed by atoms with van der Waals surface area (Å²) in [6.45, 7) is 3.69. The summed E-state index contributed by atoms with van der Waals surface area (Å²) in [5.41, 5.74) is 7.38. The van der Waals surface area contributed by atoms with Crippen molar-refractivity contribution < 1.29 is 9.59 Å². The van der Waals surface area contributed by atoms with Gasteiger partial charge in [0.1, 0.15) is 0 Å². The van der Waals surface area contributed by atoms with Crippen LogP contribution in [0.5, 0.6) is 0 Å². The van der Waals surface area contributed by atoms with E-state index < -0.39 is 5.91 Å². The third kappa shape index (κ3) is 4.37. The van der Waals surface area contributed by atoms with Crippen molar-refractivity contribution in [3.05, 3.63) is 47.3 Å². The van der Waals surface area contributed by atoms with Gasteiger partial charge in [-0.15, -0.1) is 12.4 Å². The predicted molar refractivity (Wildman–Crippen MR) is 98.3 cm³/mol. The number of benzene rings is 1. The van der Waals surface area contributed by atoms with Crippen LogP contribution in [0.4, 0.5) is 5.69 Å². The standard InChI is InChI=1S/C17H21N5O2.ClH/c1-11-4-5-12(9-14(11)16(18)23)20-17(24)15-6-8-22(21-15)13-3-2-7-19-10-13;/h4-6,8-9,13,19H,2-3,7,10H2,1H3,(H2,18,23)(H,20,24);1H. The second kappa shape index (κ2) is 8.13. The minimum absolute atomic E-state index is 0. The Labute approximate surface area is 152 Å². The highest BCUT2D eigenvalue weighted by Crippen LogP contribution is 2.18. The second-order valence-corrected chi connectivity index (χ2v) is 6.03. The summed E-state index contributed by atoms with van der Waals surface area (Å²) in [5, 5.41) is 10.5. The molecule has 0 bridgehead atoms. The first kappa shape index (κ1) is 19.0. The number of hydrogen-bond donors (Lipinski definition) is 3. The molecule has 1 aliphatic rings. The van der Waals surface area contributed by atoms with E-state index in [0.29, 0.717) is 16.9 Å². The number of nitrogens with two attached hydrogens (primary N) is 1. The molecule has 1 aromatic carbocycles.